The zero-order chi connectivity index (χ0) is 37.9. The maximum atomic E-state index is 13.6. The summed E-state index contributed by atoms with van der Waals surface area (Å²) in [5.41, 5.74) is 11.1. The predicted octanol–water partition coefficient (Wildman–Crippen LogP) is 7.27. The zero-order valence-electron chi connectivity index (χ0n) is 31.3. The van der Waals surface area contributed by atoms with Crippen LogP contribution in [0.1, 0.15) is 96.8 Å². The van der Waals surface area contributed by atoms with E-state index in [0.29, 0.717) is 60.3 Å². The maximum absolute atomic E-state index is 13.6. The van der Waals surface area contributed by atoms with E-state index in [1.165, 1.54) is 24.0 Å². The summed E-state index contributed by atoms with van der Waals surface area (Å²) in [6, 6.07) is 17.1. The lowest BCUT2D eigenvalue weighted by molar-refractivity contribution is -0.242. The van der Waals surface area contributed by atoms with Crippen LogP contribution in [0.3, 0.4) is 0 Å². The third-order valence-electron chi connectivity index (χ3n) is 12.2. The molecule has 1 aliphatic heterocycles. The molecule has 0 saturated heterocycles. The summed E-state index contributed by atoms with van der Waals surface area (Å²) in [6.45, 7) is 9.57. The van der Waals surface area contributed by atoms with E-state index in [2.05, 4.69) is 34.4 Å². The standard InChI is InChI=1S/C42H49N7O4S/c1-26(45-25-41-20-39(2)19-40(3,21-41)23-42(22-39,24-41)53-16-14-43)30(17-44)28-11-12-34(47-35(28)37(51)52)49-15-13-27-7-6-8-29(31(27)18-49)36(50)48-38-46-32-9-4-5-10-33(32)54-38/h4-12,17,44-45H,13-16,18-25,43H2,1-3H3,(H,51,52)(H,46,48,50)/b30-26+,44-17?. The van der Waals surface area contributed by atoms with Crippen LogP contribution in [0.25, 0.3) is 15.8 Å². The number of carbonyl (C=O) groups is 2. The number of hydrogen-bond acceptors (Lipinski definition) is 10. The van der Waals surface area contributed by atoms with Gasteiger partial charge in [-0.2, -0.15) is 0 Å². The Bertz CT molecular complexity index is 2140. The monoisotopic (exact) mass is 747 g/mol. The normalized spacial score (nSPS) is 27.4. The number of pyridine rings is 1. The van der Waals surface area contributed by atoms with Gasteiger partial charge in [-0.15, -0.1) is 0 Å². The molecule has 4 aliphatic carbocycles. The minimum atomic E-state index is -1.16. The van der Waals surface area contributed by atoms with Crippen LogP contribution in [0.4, 0.5) is 10.9 Å². The van der Waals surface area contributed by atoms with Crippen molar-refractivity contribution in [2.45, 2.75) is 77.9 Å². The van der Waals surface area contributed by atoms with Crippen molar-refractivity contribution in [1.29, 1.82) is 5.41 Å². The Morgan fingerprint density at radius 3 is 2.50 bits per heavy atom. The number of carboxylic acids is 1. The van der Waals surface area contributed by atoms with E-state index in [0.717, 1.165) is 65.7 Å². The third kappa shape index (κ3) is 6.69. The van der Waals surface area contributed by atoms with E-state index in [-0.39, 0.29) is 33.4 Å². The van der Waals surface area contributed by atoms with Crippen LogP contribution in [0.2, 0.25) is 0 Å². The summed E-state index contributed by atoms with van der Waals surface area (Å²) in [5.74, 6) is -0.884. The number of fused-ring (bicyclic) bond motifs is 2. The first-order chi connectivity index (χ1) is 25.8. The van der Waals surface area contributed by atoms with Crippen molar-refractivity contribution < 1.29 is 19.4 Å². The second kappa shape index (κ2) is 13.6. The number of allylic oxidation sites excluding steroid dienone is 2. The summed E-state index contributed by atoms with van der Waals surface area (Å²) in [7, 11) is 0. The molecule has 6 N–H and O–H groups in total. The lowest BCUT2D eigenvalue weighted by atomic mass is 9.39. The summed E-state index contributed by atoms with van der Waals surface area (Å²) < 4.78 is 7.56. The van der Waals surface area contributed by atoms with Gasteiger partial charge >= 0.3 is 5.97 Å². The number of nitrogens with two attached hydrogens (primary N) is 1. The van der Waals surface area contributed by atoms with Gasteiger partial charge < -0.3 is 31.2 Å². The number of aromatic nitrogens is 2. The fraction of sp³-hybridized carbons (Fsp3) is 0.452. The molecule has 282 valence electrons. The second-order valence-corrected chi connectivity index (χ2v) is 18.0. The molecule has 12 heteroatoms. The van der Waals surface area contributed by atoms with Gasteiger partial charge in [0.15, 0.2) is 10.8 Å². The van der Waals surface area contributed by atoms with Crippen molar-refractivity contribution >= 4 is 56.2 Å². The molecule has 5 aliphatic rings. The van der Waals surface area contributed by atoms with Crippen LogP contribution in [0.5, 0.6) is 0 Å². The fourth-order valence-electron chi connectivity index (χ4n) is 11.3. The van der Waals surface area contributed by atoms with Gasteiger partial charge in [0, 0.05) is 54.8 Å². The van der Waals surface area contributed by atoms with Gasteiger partial charge in [0.1, 0.15) is 5.82 Å². The Hall–Kier alpha value is -4.65. The minimum Gasteiger partial charge on any atom is -0.476 e. The first kappa shape index (κ1) is 36.3. The molecule has 0 radical (unpaired) electrons. The largest absolute Gasteiger partial charge is 0.476 e. The number of rotatable bonds is 12. The second-order valence-electron chi connectivity index (χ2n) is 17.0. The van der Waals surface area contributed by atoms with Gasteiger partial charge in [0.25, 0.3) is 5.91 Å². The molecule has 2 aromatic carbocycles. The van der Waals surface area contributed by atoms with Crippen LogP contribution in [-0.4, -0.2) is 65.0 Å². The average Bonchev–Trinajstić information content (AvgIpc) is 3.54. The number of carboxylic acid groups (broad SMARTS) is 1. The highest BCUT2D eigenvalue weighted by atomic mass is 32.1. The summed E-state index contributed by atoms with van der Waals surface area (Å²) >= 11 is 1.43. The van der Waals surface area contributed by atoms with Gasteiger partial charge in [0.2, 0.25) is 0 Å². The smallest absolute Gasteiger partial charge is 0.355 e. The molecular formula is C42H49N7O4S. The number of para-hydroxylation sites is 1. The number of aromatic carboxylic acids is 1. The highest BCUT2D eigenvalue weighted by Crippen LogP contribution is 2.71. The van der Waals surface area contributed by atoms with E-state index >= 15 is 0 Å². The topological polar surface area (TPSA) is 167 Å². The van der Waals surface area contributed by atoms with Crippen molar-refractivity contribution in [3.05, 3.63) is 88.2 Å². The van der Waals surface area contributed by atoms with E-state index in [1.807, 2.05) is 60.4 Å². The molecule has 4 saturated carbocycles. The van der Waals surface area contributed by atoms with Crippen LogP contribution < -0.4 is 21.3 Å². The molecule has 1 amide bonds. The first-order valence-corrected chi connectivity index (χ1v) is 19.7. The maximum Gasteiger partial charge on any atom is 0.355 e. The van der Waals surface area contributed by atoms with Crippen molar-refractivity contribution in [2.24, 2.45) is 22.0 Å². The third-order valence-corrected chi connectivity index (χ3v) is 13.1. The summed E-state index contributed by atoms with van der Waals surface area (Å²) in [4.78, 5) is 37.6. The molecule has 0 spiro atoms. The van der Waals surface area contributed by atoms with Gasteiger partial charge in [0.05, 0.1) is 22.4 Å². The minimum absolute atomic E-state index is 0.0354. The molecular weight excluding hydrogens is 699 g/mol. The van der Waals surface area contributed by atoms with Crippen LogP contribution in [-0.2, 0) is 17.7 Å². The summed E-state index contributed by atoms with van der Waals surface area (Å²) in [5, 5.41) is 26.0. The average molecular weight is 748 g/mol. The summed E-state index contributed by atoms with van der Waals surface area (Å²) in [6.07, 6.45) is 8.46. The van der Waals surface area contributed by atoms with E-state index in [1.54, 1.807) is 6.07 Å². The van der Waals surface area contributed by atoms with Crippen LogP contribution in [0, 0.1) is 21.7 Å². The Morgan fingerprint density at radius 1 is 1.00 bits per heavy atom. The number of hydrogen-bond donors (Lipinski definition) is 5. The molecule has 2 aromatic heterocycles. The highest BCUT2D eigenvalue weighted by Gasteiger charge is 2.66. The van der Waals surface area contributed by atoms with E-state index in [4.69, 9.17) is 15.9 Å². The van der Waals surface area contributed by atoms with Gasteiger partial charge in [-0.25, -0.2) is 14.8 Å². The van der Waals surface area contributed by atoms with Crippen LogP contribution >= 0.6 is 11.3 Å². The molecule has 11 nitrogen and oxygen atoms in total. The fourth-order valence-corrected chi connectivity index (χ4v) is 12.2. The lowest BCUT2D eigenvalue weighted by Crippen LogP contribution is -2.65. The molecule has 9 rings (SSSR count). The van der Waals surface area contributed by atoms with E-state index < -0.39 is 5.97 Å². The molecule has 2 unspecified atom stereocenters. The number of anilines is 2. The number of benzene rings is 2. The van der Waals surface area contributed by atoms with Crippen molar-refractivity contribution in [3.63, 3.8) is 0 Å². The Kier molecular flexibility index (Phi) is 9.14. The Labute approximate surface area is 319 Å². The van der Waals surface area contributed by atoms with Gasteiger partial charge in [-0.05, 0) is 110 Å². The molecule has 4 aromatic rings. The van der Waals surface area contributed by atoms with Gasteiger partial charge in [-0.1, -0.05) is 49.4 Å². The van der Waals surface area contributed by atoms with Gasteiger partial charge in [-0.3, -0.25) is 10.1 Å². The predicted molar refractivity (Wildman–Crippen MR) is 213 cm³/mol. The molecule has 4 fully saturated rings. The number of thiazole rings is 1. The molecule has 2 atom stereocenters. The number of nitrogens with zero attached hydrogens (tertiary/aromatic N) is 3. The quantitative estimate of drug-likeness (QED) is 0.0937. The lowest BCUT2D eigenvalue weighted by Gasteiger charge is -2.69. The van der Waals surface area contributed by atoms with Crippen molar-refractivity contribution in [1.82, 2.24) is 15.3 Å². The van der Waals surface area contributed by atoms with Crippen molar-refractivity contribution in [3.8, 4) is 0 Å². The highest BCUT2D eigenvalue weighted by molar-refractivity contribution is 7.22. The molecule has 54 heavy (non-hydrogen) atoms. The SMILES string of the molecule is C/C(NCC12CC3(C)CC(C)(C1)CC(OCCN)(C3)C2)=C(/C=N)c1ccc(N2CCc3cccc(C(=O)Nc4nc5ccccc5s4)c3C2)nc1C(=O)O. The Balaban J connectivity index is 1.02. The van der Waals surface area contributed by atoms with E-state index in [9.17, 15) is 14.7 Å². The number of ether oxygens (including phenoxy) is 1. The Morgan fingerprint density at radius 2 is 1.78 bits per heavy atom. The van der Waals surface area contributed by atoms with Crippen molar-refractivity contribution in [2.75, 3.05) is 36.5 Å². The number of amides is 1. The molecule has 4 bridgehead atoms. The first-order valence-electron chi connectivity index (χ1n) is 18.9. The number of nitrogens with one attached hydrogen (secondary N) is 3. The zero-order valence-corrected chi connectivity index (χ0v) is 32.1. The molecule has 3 heterocycles. The van der Waals surface area contributed by atoms with Crippen LogP contribution in [0.15, 0.2) is 60.3 Å². The number of carbonyl (C=O) groups excluding carboxylic acids is 1.